The van der Waals surface area contributed by atoms with E-state index in [1.807, 2.05) is 18.2 Å². The SMILES string of the molecule is COc1ccc(OC)c(CNn2c(C)ccc2C)c1. The van der Waals surface area contributed by atoms with Gasteiger partial charge in [0.2, 0.25) is 0 Å². The number of methoxy groups -OCH3 is 2. The lowest BCUT2D eigenvalue weighted by Crippen LogP contribution is -2.17. The van der Waals surface area contributed by atoms with Gasteiger partial charge in [-0.2, -0.15) is 0 Å². The van der Waals surface area contributed by atoms with Crippen LogP contribution in [0.15, 0.2) is 30.3 Å². The minimum atomic E-state index is 0.677. The van der Waals surface area contributed by atoms with E-state index in [1.54, 1.807) is 14.2 Å². The number of hydrogen-bond acceptors (Lipinski definition) is 3. The van der Waals surface area contributed by atoms with Crippen molar-refractivity contribution in [2.45, 2.75) is 20.4 Å². The Morgan fingerprint density at radius 2 is 1.68 bits per heavy atom. The van der Waals surface area contributed by atoms with Gasteiger partial charge in [-0.1, -0.05) is 0 Å². The van der Waals surface area contributed by atoms with E-state index in [-0.39, 0.29) is 0 Å². The van der Waals surface area contributed by atoms with Crippen molar-refractivity contribution in [3.8, 4) is 11.5 Å². The molecule has 2 aromatic rings. The molecule has 0 aliphatic heterocycles. The Labute approximate surface area is 113 Å². The topological polar surface area (TPSA) is 35.4 Å². The second-order valence-corrected chi connectivity index (χ2v) is 4.46. The number of benzene rings is 1. The molecule has 0 bridgehead atoms. The van der Waals surface area contributed by atoms with E-state index in [4.69, 9.17) is 9.47 Å². The van der Waals surface area contributed by atoms with E-state index in [0.29, 0.717) is 6.54 Å². The van der Waals surface area contributed by atoms with Crippen LogP contribution in [0.2, 0.25) is 0 Å². The normalized spacial score (nSPS) is 10.3. The molecule has 1 aromatic heterocycles. The Balaban J connectivity index is 2.18. The molecule has 0 aliphatic rings. The molecule has 0 radical (unpaired) electrons. The Hall–Kier alpha value is -2.10. The first-order chi connectivity index (χ1) is 9.15. The summed E-state index contributed by atoms with van der Waals surface area (Å²) in [6, 6.07) is 9.98. The van der Waals surface area contributed by atoms with Gasteiger partial charge in [0.1, 0.15) is 11.5 Å². The summed E-state index contributed by atoms with van der Waals surface area (Å²) in [6.07, 6.45) is 0. The summed E-state index contributed by atoms with van der Waals surface area (Å²) in [5, 5.41) is 0. The van der Waals surface area contributed by atoms with Crippen LogP contribution < -0.4 is 14.9 Å². The first-order valence-corrected chi connectivity index (χ1v) is 6.25. The average molecular weight is 260 g/mol. The van der Waals surface area contributed by atoms with Crippen LogP contribution in [-0.4, -0.2) is 18.9 Å². The molecule has 1 aromatic carbocycles. The van der Waals surface area contributed by atoms with Crippen molar-refractivity contribution in [2.24, 2.45) is 0 Å². The molecular weight excluding hydrogens is 240 g/mol. The summed E-state index contributed by atoms with van der Waals surface area (Å²) in [5.74, 6) is 1.69. The fourth-order valence-corrected chi connectivity index (χ4v) is 2.10. The van der Waals surface area contributed by atoms with Gasteiger partial charge >= 0.3 is 0 Å². The van der Waals surface area contributed by atoms with E-state index >= 15 is 0 Å². The van der Waals surface area contributed by atoms with Crippen LogP contribution in [0.25, 0.3) is 0 Å². The van der Waals surface area contributed by atoms with Crippen molar-refractivity contribution in [2.75, 3.05) is 19.6 Å². The van der Waals surface area contributed by atoms with Crippen LogP contribution >= 0.6 is 0 Å². The minimum absolute atomic E-state index is 0.677. The van der Waals surface area contributed by atoms with Gasteiger partial charge in [0.05, 0.1) is 20.8 Å². The summed E-state index contributed by atoms with van der Waals surface area (Å²) in [5.41, 5.74) is 6.81. The third-order valence-electron chi connectivity index (χ3n) is 3.19. The second-order valence-electron chi connectivity index (χ2n) is 4.46. The van der Waals surface area contributed by atoms with Crippen LogP contribution in [0.4, 0.5) is 0 Å². The van der Waals surface area contributed by atoms with Crippen LogP contribution in [0.1, 0.15) is 17.0 Å². The number of rotatable bonds is 5. The highest BCUT2D eigenvalue weighted by molar-refractivity contribution is 5.40. The predicted octanol–water partition coefficient (Wildman–Crippen LogP) is 2.87. The average Bonchev–Trinajstić information content (AvgIpc) is 2.75. The molecule has 0 spiro atoms. The molecule has 4 nitrogen and oxygen atoms in total. The summed E-state index contributed by atoms with van der Waals surface area (Å²) in [6.45, 7) is 4.82. The van der Waals surface area contributed by atoms with Crippen molar-refractivity contribution in [1.29, 1.82) is 0 Å². The number of ether oxygens (including phenoxy) is 2. The second kappa shape index (κ2) is 5.69. The highest BCUT2D eigenvalue weighted by atomic mass is 16.5. The van der Waals surface area contributed by atoms with Crippen molar-refractivity contribution in [3.63, 3.8) is 0 Å². The molecule has 0 fully saturated rings. The van der Waals surface area contributed by atoms with Gasteiger partial charge < -0.3 is 14.9 Å². The summed E-state index contributed by atoms with van der Waals surface area (Å²) < 4.78 is 12.7. The molecular formula is C15H20N2O2. The van der Waals surface area contributed by atoms with Crippen LogP contribution in [-0.2, 0) is 6.54 Å². The summed E-state index contributed by atoms with van der Waals surface area (Å²) >= 11 is 0. The molecule has 102 valence electrons. The van der Waals surface area contributed by atoms with Gasteiger partial charge in [-0.15, -0.1) is 0 Å². The van der Waals surface area contributed by atoms with Crippen molar-refractivity contribution in [1.82, 2.24) is 4.68 Å². The van der Waals surface area contributed by atoms with Gasteiger partial charge in [0.25, 0.3) is 0 Å². The zero-order valence-corrected chi connectivity index (χ0v) is 11.9. The van der Waals surface area contributed by atoms with Crippen LogP contribution in [0.5, 0.6) is 11.5 Å². The lowest BCUT2D eigenvalue weighted by molar-refractivity contribution is 0.399. The molecule has 0 saturated carbocycles. The van der Waals surface area contributed by atoms with Gasteiger partial charge in [-0.25, -0.2) is 0 Å². The molecule has 0 atom stereocenters. The zero-order valence-electron chi connectivity index (χ0n) is 11.9. The molecule has 1 heterocycles. The van der Waals surface area contributed by atoms with Crippen LogP contribution in [0, 0.1) is 13.8 Å². The number of aromatic nitrogens is 1. The van der Waals surface area contributed by atoms with Crippen molar-refractivity contribution < 1.29 is 9.47 Å². The highest BCUT2D eigenvalue weighted by Crippen LogP contribution is 2.24. The third kappa shape index (κ3) is 2.84. The molecule has 0 saturated heterocycles. The van der Waals surface area contributed by atoms with Gasteiger partial charge in [-0.05, 0) is 44.2 Å². The summed E-state index contributed by atoms with van der Waals surface area (Å²) in [4.78, 5) is 0. The van der Waals surface area contributed by atoms with Crippen molar-refractivity contribution >= 4 is 0 Å². The lowest BCUT2D eigenvalue weighted by atomic mass is 10.2. The van der Waals surface area contributed by atoms with Gasteiger partial charge in [0.15, 0.2) is 0 Å². The molecule has 0 amide bonds. The zero-order chi connectivity index (χ0) is 13.8. The number of nitrogens with zero attached hydrogens (tertiary/aromatic N) is 1. The number of nitrogens with one attached hydrogen (secondary N) is 1. The van der Waals surface area contributed by atoms with E-state index in [1.165, 1.54) is 11.4 Å². The van der Waals surface area contributed by atoms with E-state index in [2.05, 4.69) is 36.1 Å². The maximum absolute atomic E-state index is 5.37. The fourth-order valence-electron chi connectivity index (χ4n) is 2.10. The summed E-state index contributed by atoms with van der Waals surface area (Å²) in [7, 11) is 3.34. The molecule has 4 heteroatoms. The van der Waals surface area contributed by atoms with E-state index in [0.717, 1.165) is 17.1 Å². The molecule has 1 N–H and O–H groups in total. The first kappa shape index (κ1) is 13.3. The Bertz CT molecular complexity index is 542. The van der Waals surface area contributed by atoms with Crippen LogP contribution in [0.3, 0.4) is 0 Å². The van der Waals surface area contributed by atoms with Gasteiger partial charge in [0, 0.05) is 17.0 Å². The third-order valence-corrected chi connectivity index (χ3v) is 3.19. The predicted molar refractivity (Wildman–Crippen MR) is 76.5 cm³/mol. The quantitative estimate of drug-likeness (QED) is 0.898. The fraction of sp³-hybridized carbons (Fsp3) is 0.333. The molecule has 0 unspecified atom stereocenters. The minimum Gasteiger partial charge on any atom is -0.497 e. The highest BCUT2D eigenvalue weighted by Gasteiger charge is 2.06. The number of aryl methyl sites for hydroxylation is 2. The first-order valence-electron chi connectivity index (χ1n) is 6.25. The molecule has 0 aliphatic carbocycles. The monoisotopic (exact) mass is 260 g/mol. The smallest absolute Gasteiger partial charge is 0.124 e. The maximum Gasteiger partial charge on any atom is 0.124 e. The largest absolute Gasteiger partial charge is 0.497 e. The maximum atomic E-state index is 5.37. The standard InChI is InChI=1S/C15H20N2O2/c1-11-5-6-12(2)17(11)16-10-13-9-14(18-3)7-8-15(13)19-4/h5-9,16H,10H2,1-4H3. The Kier molecular flexibility index (Phi) is 4.00. The van der Waals surface area contributed by atoms with Gasteiger partial charge in [-0.3, -0.25) is 4.68 Å². The van der Waals surface area contributed by atoms with E-state index in [9.17, 15) is 0 Å². The van der Waals surface area contributed by atoms with E-state index < -0.39 is 0 Å². The Morgan fingerprint density at radius 1 is 1.00 bits per heavy atom. The Morgan fingerprint density at radius 3 is 2.26 bits per heavy atom. The van der Waals surface area contributed by atoms with Crippen molar-refractivity contribution in [3.05, 3.63) is 47.3 Å². The lowest BCUT2D eigenvalue weighted by Gasteiger charge is -2.15. The number of hydrogen-bond donors (Lipinski definition) is 1. The molecule has 19 heavy (non-hydrogen) atoms. The molecule has 2 rings (SSSR count).